The monoisotopic (exact) mass is 576 g/mol. The molecule has 0 atom stereocenters. The summed E-state index contributed by atoms with van der Waals surface area (Å²) < 4.78 is 14.1. The van der Waals surface area contributed by atoms with Gasteiger partial charge in [0.2, 0.25) is 5.82 Å². The molecule has 0 radical (unpaired) electrons. The molecule has 0 spiro atoms. The Balaban J connectivity index is 1.49. The van der Waals surface area contributed by atoms with Crippen molar-refractivity contribution in [2.75, 3.05) is 14.2 Å². The van der Waals surface area contributed by atoms with Crippen LogP contribution in [0.15, 0.2) is 86.3 Å². The summed E-state index contributed by atoms with van der Waals surface area (Å²) in [5.74, 6) is 0.680. The van der Waals surface area contributed by atoms with Crippen molar-refractivity contribution in [1.82, 2.24) is 19.6 Å². The number of aromatic nitrogens is 4. The zero-order valence-electron chi connectivity index (χ0n) is 24.1. The Hall–Kier alpha value is -5.77. The van der Waals surface area contributed by atoms with Gasteiger partial charge in [0, 0.05) is 12.1 Å². The van der Waals surface area contributed by atoms with Crippen LogP contribution in [-0.4, -0.2) is 33.8 Å². The van der Waals surface area contributed by atoms with Crippen LogP contribution in [0.2, 0.25) is 0 Å². The van der Waals surface area contributed by atoms with Crippen LogP contribution in [0, 0.1) is 30.1 Å². The molecule has 0 amide bonds. The zero-order chi connectivity index (χ0) is 30.3. The molecule has 2 aromatic heterocycles. The summed E-state index contributed by atoms with van der Waals surface area (Å²) in [5.41, 5.74) is 4.02. The normalized spacial score (nSPS) is 13.2. The lowest BCUT2D eigenvalue weighted by Gasteiger charge is -2.09. The van der Waals surface area contributed by atoms with Gasteiger partial charge in [0.25, 0.3) is 0 Å². The highest BCUT2D eigenvalue weighted by Crippen LogP contribution is 2.42. The van der Waals surface area contributed by atoms with Gasteiger partial charge in [-0.25, -0.2) is 9.36 Å². The number of azo groups is 2. The van der Waals surface area contributed by atoms with Gasteiger partial charge in [-0.2, -0.15) is 15.5 Å². The third-order valence-corrected chi connectivity index (χ3v) is 6.68. The topological polar surface area (TPSA) is 157 Å². The number of nitriles is 1. The van der Waals surface area contributed by atoms with Crippen LogP contribution in [0.4, 0.5) is 28.6 Å². The Kier molecular flexibility index (Phi) is 8.57. The first-order chi connectivity index (χ1) is 21.0. The minimum atomic E-state index is 0.0168. The maximum Gasteiger partial charge on any atom is 0.228 e. The van der Waals surface area contributed by atoms with Crippen LogP contribution < -0.4 is 9.47 Å². The van der Waals surface area contributed by atoms with E-state index in [1.807, 2.05) is 24.3 Å². The molecule has 1 aliphatic rings. The number of methoxy groups -OCH3 is 2. The predicted molar refractivity (Wildman–Crippen MR) is 161 cm³/mol. The molecule has 0 saturated carbocycles. The van der Waals surface area contributed by atoms with Crippen molar-refractivity contribution in [2.45, 2.75) is 33.1 Å². The Bertz CT molecular complexity index is 1820. The van der Waals surface area contributed by atoms with Gasteiger partial charge in [0.05, 0.1) is 37.0 Å². The van der Waals surface area contributed by atoms with Crippen molar-refractivity contribution in [1.29, 1.82) is 5.26 Å². The molecule has 0 fully saturated rings. The molecule has 5 rings (SSSR count). The first-order valence-corrected chi connectivity index (χ1v) is 13.4. The molecular weight excluding hydrogens is 548 g/mol. The fourth-order valence-corrected chi connectivity index (χ4v) is 4.53. The van der Waals surface area contributed by atoms with Gasteiger partial charge in [0.15, 0.2) is 11.4 Å². The number of hydrogen-bond acceptors (Lipinski definition) is 11. The molecular formula is C30H28N10O3. The second-order valence-corrected chi connectivity index (χ2v) is 9.46. The van der Waals surface area contributed by atoms with Crippen LogP contribution >= 0.6 is 0 Å². The number of ether oxygens (including phenoxy) is 2. The molecule has 43 heavy (non-hydrogen) atoms. The van der Waals surface area contributed by atoms with Crippen molar-refractivity contribution < 1.29 is 9.47 Å². The van der Waals surface area contributed by atoms with Crippen molar-refractivity contribution in [3.05, 3.63) is 82.7 Å². The summed E-state index contributed by atoms with van der Waals surface area (Å²) >= 11 is 0. The molecule has 0 aliphatic heterocycles. The third kappa shape index (κ3) is 5.84. The lowest BCUT2D eigenvalue weighted by atomic mass is 10.2. The summed E-state index contributed by atoms with van der Waals surface area (Å²) in [5, 5.41) is 39.4. The number of rotatable bonds is 9. The molecule has 2 heterocycles. The fourth-order valence-electron chi connectivity index (χ4n) is 4.53. The second-order valence-electron chi connectivity index (χ2n) is 9.46. The number of aryl methyl sites for hydroxylation is 2. The average molecular weight is 577 g/mol. The van der Waals surface area contributed by atoms with Crippen molar-refractivity contribution in [3.8, 4) is 23.3 Å². The summed E-state index contributed by atoms with van der Waals surface area (Å²) in [4.78, 5) is 11.8. The van der Waals surface area contributed by atoms with Gasteiger partial charge in [-0.3, -0.25) is 0 Å². The Morgan fingerprint density at radius 3 is 2.12 bits per heavy atom. The number of para-hydroxylation sites is 1. The van der Waals surface area contributed by atoms with E-state index in [0.717, 1.165) is 25.0 Å². The number of allylic oxidation sites excluding steroid dienone is 4. The SMILES string of the molecule is COc1cc(/N=N/c2c(C)nn(-c3ccccc3)c2N=O)c(OC)cc1/N=N/c1c(C)nn(C2=CCCCC=C2)c1C#N. The van der Waals surface area contributed by atoms with Gasteiger partial charge >= 0.3 is 0 Å². The van der Waals surface area contributed by atoms with E-state index in [2.05, 4.69) is 54.1 Å². The molecule has 13 nitrogen and oxygen atoms in total. The first kappa shape index (κ1) is 28.7. The van der Waals surface area contributed by atoms with Crippen LogP contribution in [0.1, 0.15) is 36.3 Å². The molecule has 0 bridgehead atoms. The van der Waals surface area contributed by atoms with Gasteiger partial charge in [-0.15, -0.1) is 25.4 Å². The predicted octanol–water partition coefficient (Wildman–Crippen LogP) is 8.38. The van der Waals surface area contributed by atoms with Gasteiger partial charge in [-0.05, 0) is 56.5 Å². The molecule has 4 aromatic rings. The molecule has 0 saturated heterocycles. The number of benzene rings is 2. The van der Waals surface area contributed by atoms with Crippen molar-refractivity contribution in [3.63, 3.8) is 0 Å². The molecule has 0 unspecified atom stereocenters. The van der Waals surface area contributed by atoms with E-state index in [0.29, 0.717) is 45.6 Å². The molecule has 1 aliphatic carbocycles. The van der Waals surface area contributed by atoms with E-state index in [4.69, 9.17) is 9.47 Å². The largest absolute Gasteiger partial charge is 0.494 e. The smallest absolute Gasteiger partial charge is 0.228 e. The molecule has 2 aromatic carbocycles. The Labute approximate surface area is 247 Å². The van der Waals surface area contributed by atoms with E-state index in [9.17, 15) is 10.2 Å². The Morgan fingerprint density at radius 2 is 1.49 bits per heavy atom. The van der Waals surface area contributed by atoms with Crippen molar-refractivity contribution in [2.24, 2.45) is 25.6 Å². The lowest BCUT2D eigenvalue weighted by molar-refractivity contribution is 0.405. The summed E-state index contributed by atoms with van der Waals surface area (Å²) in [6.07, 6.45) is 8.99. The summed E-state index contributed by atoms with van der Waals surface area (Å²) in [7, 11) is 2.97. The van der Waals surface area contributed by atoms with Gasteiger partial charge in [-0.1, -0.05) is 30.4 Å². The van der Waals surface area contributed by atoms with Crippen LogP contribution in [0.3, 0.4) is 0 Å². The minimum Gasteiger partial charge on any atom is -0.494 e. The molecule has 13 heteroatoms. The van der Waals surface area contributed by atoms with Crippen LogP contribution in [0.5, 0.6) is 11.5 Å². The maximum atomic E-state index is 11.8. The van der Waals surface area contributed by atoms with E-state index in [1.165, 1.54) is 18.9 Å². The van der Waals surface area contributed by atoms with E-state index < -0.39 is 0 Å². The van der Waals surface area contributed by atoms with Crippen LogP contribution in [-0.2, 0) is 0 Å². The minimum absolute atomic E-state index is 0.0168. The molecule has 216 valence electrons. The first-order valence-electron chi connectivity index (χ1n) is 13.4. The summed E-state index contributed by atoms with van der Waals surface area (Å²) in [6, 6.07) is 14.5. The van der Waals surface area contributed by atoms with Gasteiger partial charge in [0.1, 0.15) is 34.6 Å². The summed E-state index contributed by atoms with van der Waals surface area (Å²) in [6.45, 7) is 3.49. The fraction of sp³-hybridized carbons (Fsp3) is 0.233. The number of hydrogen-bond donors (Lipinski definition) is 0. The van der Waals surface area contributed by atoms with Gasteiger partial charge < -0.3 is 9.47 Å². The van der Waals surface area contributed by atoms with E-state index in [-0.39, 0.29) is 17.2 Å². The number of nitroso groups, excluding NO2 is 1. The second kappa shape index (κ2) is 12.8. The lowest BCUT2D eigenvalue weighted by Crippen LogP contribution is -2.00. The molecule has 0 N–H and O–H groups in total. The van der Waals surface area contributed by atoms with E-state index >= 15 is 0 Å². The van der Waals surface area contributed by atoms with Crippen molar-refractivity contribution >= 4 is 34.3 Å². The zero-order valence-corrected chi connectivity index (χ0v) is 24.1. The highest BCUT2D eigenvalue weighted by molar-refractivity contribution is 5.69. The van der Waals surface area contributed by atoms with Crippen LogP contribution in [0.25, 0.3) is 11.4 Å². The number of nitrogens with zero attached hydrogens (tertiary/aromatic N) is 10. The quantitative estimate of drug-likeness (QED) is 0.144. The maximum absolute atomic E-state index is 11.8. The highest BCUT2D eigenvalue weighted by Gasteiger charge is 2.20. The standard InChI is InChI=1S/C30H28N10O3/c1-19-28(25(18-31)39(36-19)21-12-8-5-6-9-13-21)34-32-23-16-27(43-4)24(17-26(23)42-3)33-35-29-20(2)37-40(30(29)38-41)22-14-10-7-11-15-22/h7-8,10-17H,5-6,9H2,1-4H3/b34-32+,35-33+. The third-order valence-electron chi connectivity index (χ3n) is 6.68. The Morgan fingerprint density at radius 1 is 0.860 bits per heavy atom. The van der Waals surface area contributed by atoms with E-state index in [1.54, 1.807) is 42.8 Å². The highest BCUT2D eigenvalue weighted by atomic mass is 16.5. The average Bonchev–Trinajstić information content (AvgIpc) is 3.37.